The van der Waals surface area contributed by atoms with Crippen LogP contribution in [0.3, 0.4) is 0 Å². The first-order valence-electron chi connectivity index (χ1n) is 8.23. The summed E-state index contributed by atoms with van der Waals surface area (Å²) in [6.07, 6.45) is -3.58. The zero-order valence-electron chi connectivity index (χ0n) is 15.2. The molecular weight excluding hydrogens is 398 g/mol. The molecule has 0 aliphatic carbocycles. The molecular formula is C17H15F4N5O3. The van der Waals surface area contributed by atoms with E-state index < -0.39 is 47.3 Å². The van der Waals surface area contributed by atoms with Gasteiger partial charge in [0.2, 0.25) is 5.91 Å². The molecule has 2 heterocycles. The number of carbonyl (C=O) groups excluding carboxylic acids is 1. The van der Waals surface area contributed by atoms with Crippen molar-refractivity contribution in [3.05, 3.63) is 62.8 Å². The number of rotatable bonds is 4. The highest BCUT2D eigenvalue weighted by molar-refractivity contribution is 5.77. The molecule has 0 saturated heterocycles. The monoisotopic (exact) mass is 413 g/mol. The lowest BCUT2D eigenvalue weighted by atomic mass is 10.1. The highest BCUT2D eigenvalue weighted by atomic mass is 19.4. The van der Waals surface area contributed by atoms with E-state index in [2.05, 4.69) is 4.98 Å². The van der Waals surface area contributed by atoms with Gasteiger partial charge in [-0.15, -0.1) is 0 Å². The van der Waals surface area contributed by atoms with E-state index >= 15 is 0 Å². The minimum atomic E-state index is -4.88. The SMILES string of the molecule is Cn1cnc2c1c(=O)n(CC(=O)NC(c1ccc(F)cc1)C(F)(F)F)c(=O)n2C. The summed E-state index contributed by atoms with van der Waals surface area (Å²) in [5.74, 6) is -1.95. The molecule has 154 valence electrons. The van der Waals surface area contributed by atoms with Crippen molar-refractivity contribution < 1.29 is 22.4 Å². The third kappa shape index (κ3) is 3.77. The standard InChI is InChI=1S/C17H15F4N5O3/c1-24-8-22-14-12(24)15(28)26(16(29)25(14)2)7-11(27)23-13(17(19,20)21)9-3-5-10(18)6-4-9/h3-6,8,13H,7H2,1-2H3,(H,23,27). The number of carbonyl (C=O) groups is 1. The summed E-state index contributed by atoms with van der Waals surface area (Å²) in [4.78, 5) is 41.1. The van der Waals surface area contributed by atoms with Gasteiger partial charge in [-0.25, -0.2) is 18.7 Å². The Kier molecular flexibility index (Phi) is 5.03. The third-order valence-electron chi connectivity index (χ3n) is 4.34. The second-order valence-corrected chi connectivity index (χ2v) is 6.35. The van der Waals surface area contributed by atoms with Gasteiger partial charge >= 0.3 is 11.9 Å². The van der Waals surface area contributed by atoms with Gasteiger partial charge in [-0.2, -0.15) is 13.2 Å². The quantitative estimate of drug-likeness (QED) is 0.646. The van der Waals surface area contributed by atoms with Crippen molar-refractivity contribution in [3.8, 4) is 0 Å². The first-order valence-corrected chi connectivity index (χ1v) is 8.23. The summed E-state index contributed by atoms with van der Waals surface area (Å²) in [5, 5.41) is 1.75. The molecule has 0 aliphatic heterocycles. The molecule has 12 heteroatoms. The minimum Gasteiger partial charge on any atom is -0.339 e. The Balaban J connectivity index is 1.95. The minimum absolute atomic E-state index is 0.0193. The largest absolute Gasteiger partial charge is 0.412 e. The van der Waals surface area contributed by atoms with Crippen LogP contribution in [0, 0.1) is 5.82 Å². The number of aryl methyl sites for hydroxylation is 2. The Morgan fingerprint density at radius 3 is 2.38 bits per heavy atom. The summed E-state index contributed by atoms with van der Waals surface area (Å²) >= 11 is 0. The Hall–Kier alpha value is -3.44. The Bertz CT molecular complexity index is 1190. The van der Waals surface area contributed by atoms with Gasteiger partial charge in [-0.3, -0.25) is 14.2 Å². The smallest absolute Gasteiger partial charge is 0.339 e. The number of imidazole rings is 1. The predicted molar refractivity (Wildman–Crippen MR) is 93.6 cm³/mol. The summed E-state index contributed by atoms with van der Waals surface area (Å²) in [7, 11) is 2.82. The maximum Gasteiger partial charge on any atom is 0.412 e. The second-order valence-electron chi connectivity index (χ2n) is 6.35. The third-order valence-corrected chi connectivity index (χ3v) is 4.34. The molecule has 3 rings (SSSR count). The van der Waals surface area contributed by atoms with Crippen LogP contribution in [0.5, 0.6) is 0 Å². The van der Waals surface area contributed by atoms with Crippen LogP contribution in [-0.4, -0.2) is 30.8 Å². The van der Waals surface area contributed by atoms with Crippen molar-refractivity contribution in [1.29, 1.82) is 0 Å². The summed E-state index contributed by atoms with van der Waals surface area (Å²) in [6, 6.07) is 1.00. The van der Waals surface area contributed by atoms with Gasteiger partial charge in [-0.1, -0.05) is 12.1 Å². The van der Waals surface area contributed by atoms with E-state index in [4.69, 9.17) is 0 Å². The van der Waals surface area contributed by atoms with Gasteiger partial charge in [0.1, 0.15) is 12.4 Å². The number of hydrogen-bond donors (Lipinski definition) is 1. The lowest BCUT2D eigenvalue weighted by Gasteiger charge is -2.22. The van der Waals surface area contributed by atoms with Crippen LogP contribution in [0.4, 0.5) is 17.6 Å². The Labute approximate surface area is 160 Å². The maximum atomic E-state index is 13.4. The first kappa shape index (κ1) is 20.3. The van der Waals surface area contributed by atoms with Gasteiger partial charge in [0.05, 0.1) is 6.33 Å². The normalized spacial score (nSPS) is 12.9. The van der Waals surface area contributed by atoms with E-state index in [0.717, 1.165) is 28.8 Å². The molecule has 29 heavy (non-hydrogen) atoms. The van der Waals surface area contributed by atoms with Crippen molar-refractivity contribution in [3.63, 3.8) is 0 Å². The number of amides is 1. The number of fused-ring (bicyclic) bond motifs is 1. The molecule has 3 aromatic rings. The number of benzene rings is 1. The fourth-order valence-electron chi connectivity index (χ4n) is 2.90. The molecule has 1 unspecified atom stereocenters. The molecule has 0 radical (unpaired) electrons. The molecule has 1 aromatic carbocycles. The van der Waals surface area contributed by atoms with E-state index in [0.29, 0.717) is 4.57 Å². The molecule has 0 saturated carbocycles. The van der Waals surface area contributed by atoms with Crippen molar-refractivity contribution in [2.75, 3.05) is 0 Å². The van der Waals surface area contributed by atoms with Gasteiger partial charge in [0.15, 0.2) is 17.2 Å². The van der Waals surface area contributed by atoms with E-state index in [1.807, 2.05) is 0 Å². The lowest BCUT2D eigenvalue weighted by molar-refractivity contribution is -0.163. The average Bonchev–Trinajstić information content (AvgIpc) is 3.03. The predicted octanol–water partition coefficient (Wildman–Crippen LogP) is 0.993. The molecule has 0 spiro atoms. The summed E-state index contributed by atoms with van der Waals surface area (Å²) < 4.78 is 56.1. The van der Waals surface area contributed by atoms with Crippen LogP contribution >= 0.6 is 0 Å². The molecule has 0 bridgehead atoms. The molecule has 1 atom stereocenters. The van der Waals surface area contributed by atoms with Crippen molar-refractivity contribution >= 4 is 17.1 Å². The highest BCUT2D eigenvalue weighted by Gasteiger charge is 2.42. The molecule has 0 fully saturated rings. The lowest BCUT2D eigenvalue weighted by Crippen LogP contribution is -2.46. The summed E-state index contributed by atoms with van der Waals surface area (Å²) in [6.45, 7) is -0.930. The topological polar surface area (TPSA) is 90.9 Å². The zero-order valence-corrected chi connectivity index (χ0v) is 15.2. The van der Waals surface area contributed by atoms with Gasteiger partial charge < -0.3 is 9.88 Å². The number of aromatic nitrogens is 4. The molecule has 0 aliphatic rings. The van der Waals surface area contributed by atoms with Crippen LogP contribution in [0.2, 0.25) is 0 Å². The van der Waals surface area contributed by atoms with Gasteiger partial charge in [0, 0.05) is 14.1 Å². The fraction of sp³-hybridized carbons (Fsp3) is 0.294. The molecule has 2 aromatic heterocycles. The van der Waals surface area contributed by atoms with E-state index in [9.17, 15) is 31.9 Å². The molecule has 1 amide bonds. The van der Waals surface area contributed by atoms with Crippen LogP contribution in [0.1, 0.15) is 11.6 Å². The second kappa shape index (κ2) is 7.18. The average molecular weight is 413 g/mol. The van der Waals surface area contributed by atoms with Crippen LogP contribution in [-0.2, 0) is 25.4 Å². The van der Waals surface area contributed by atoms with Crippen LogP contribution in [0.25, 0.3) is 11.2 Å². The summed E-state index contributed by atoms with van der Waals surface area (Å²) in [5.41, 5.74) is -2.05. The van der Waals surface area contributed by atoms with Crippen molar-refractivity contribution in [1.82, 2.24) is 24.0 Å². The van der Waals surface area contributed by atoms with Crippen molar-refractivity contribution in [2.24, 2.45) is 14.1 Å². The number of nitrogens with one attached hydrogen (secondary N) is 1. The number of nitrogens with zero attached hydrogens (tertiary/aromatic N) is 4. The van der Waals surface area contributed by atoms with Crippen LogP contribution < -0.4 is 16.6 Å². The molecule has 1 N–H and O–H groups in total. The van der Waals surface area contributed by atoms with Gasteiger partial charge in [0.25, 0.3) is 5.56 Å². The fourth-order valence-corrected chi connectivity index (χ4v) is 2.90. The van der Waals surface area contributed by atoms with E-state index in [-0.39, 0.29) is 11.2 Å². The Morgan fingerprint density at radius 1 is 1.17 bits per heavy atom. The Morgan fingerprint density at radius 2 is 1.79 bits per heavy atom. The molecule has 8 nitrogen and oxygen atoms in total. The van der Waals surface area contributed by atoms with Crippen LogP contribution in [0.15, 0.2) is 40.2 Å². The first-order chi connectivity index (χ1) is 13.5. The van der Waals surface area contributed by atoms with E-state index in [1.165, 1.54) is 25.0 Å². The van der Waals surface area contributed by atoms with Gasteiger partial charge in [-0.05, 0) is 17.7 Å². The van der Waals surface area contributed by atoms with Crippen molar-refractivity contribution in [2.45, 2.75) is 18.8 Å². The highest BCUT2D eigenvalue weighted by Crippen LogP contribution is 2.32. The zero-order chi connectivity index (χ0) is 21.5. The number of halogens is 4. The maximum absolute atomic E-state index is 13.4. The number of hydrogen-bond acceptors (Lipinski definition) is 4. The van der Waals surface area contributed by atoms with E-state index in [1.54, 1.807) is 5.32 Å². The number of alkyl halides is 3.